The van der Waals surface area contributed by atoms with Crippen LogP contribution < -0.4 is 0 Å². The molecular weight excluding hydrogens is 246 g/mol. The summed E-state index contributed by atoms with van der Waals surface area (Å²) in [6, 6.07) is 7.73. The van der Waals surface area contributed by atoms with Gasteiger partial charge in [-0.25, -0.2) is 0 Å². The van der Waals surface area contributed by atoms with Crippen LogP contribution in [0.1, 0.15) is 27.2 Å². The topological polar surface area (TPSA) is 33.5 Å². The fourth-order valence-corrected chi connectivity index (χ4v) is 2.64. The van der Waals surface area contributed by atoms with Gasteiger partial charge in [0.1, 0.15) is 5.76 Å². The number of nitrogens with zero attached hydrogens (tertiary/aromatic N) is 1. The van der Waals surface area contributed by atoms with Crippen LogP contribution in [-0.2, 0) is 13.0 Å². The highest BCUT2D eigenvalue weighted by Crippen LogP contribution is 2.18. The predicted molar refractivity (Wildman–Crippen MR) is 73.1 cm³/mol. The van der Waals surface area contributed by atoms with Gasteiger partial charge in [-0.1, -0.05) is 6.92 Å². The Morgan fingerprint density at radius 2 is 2.22 bits per heavy atom. The van der Waals surface area contributed by atoms with Crippen molar-refractivity contribution in [2.75, 3.05) is 13.6 Å². The van der Waals surface area contributed by atoms with Crippen molar-refractivity contribution in [3.05, 3.63) is 46.0 Å². The molecule has 0 saturated carbocycles. The van der Waals surface area contributed by atoms with Gasteiger partial charge in [-0.15, -0.1) is 11.3 Å². The average Bonchev–Trinajstić information content (AvgIpc) is 2.98. The number of likely N-dealkylation sites (N-methyl/N-ethyl adjacent to an activating group) is 1. The first-order valence-electron chi connectivity index (χ1n) is 6.02. The molecule has 3 nitrogen and oxygen atoms in total. The van der Waals surface area contributed by atoms with E-state index in [2.05, 4.69) is 6.92 Å². The van der Waals surface area contributed by atoms with Gasteiger partial charge in [0.05, 0.1) is 24.2 Å². The highest BCUT2D eigenvalue weighted by atomic mass is 32.1. The zero-order chi connectivity index (χ0) is 13.0. The molecule has 0 aliphatic carbocycles. The fourth-order valence-electron chi connectivity index (χ4n) is 1.77. The average molecular weight is 263 g/mol. The van der Waals surface area contributed by atoms with Gasteiger partial charge in [0.25, 0.3) is 0 Å². The van der Waals surface area contributed by atoms with E-state index in [9.17, 15) is 4.79 Å². The Morgan fingerprint density at radius 3 is 2.83 bits per heavy atom. The number of carbonyl (C=O) groups is 1. The molecule has 0 aliphatic heterocycles. The molecule has 2 rings (SSSR count). The SMILES string of the molecule is CCc1ccc(C(=O)CN(C)Cc2ccco2)s1. The third-order valence-corrected chi connectivity index (χ3v) is 3.97. The Balaban J connectivity index is 1.90. The first kappa shape index (κ1) is 13.1. The summed E-state index contributed by atoms with van der Waals surface area (Å²) in [6.45, 7) is 3.18. The molecule has 0 spiro atoms. The zero-order valence-electron chi connectivity index (χ0n) is 10.7. The summed E-state index contributed by atoms with van der Waals surface area (Å²) in [5.74, 6) is 1.06. The van der Waals surface area contributed by atoms with Gasteiger partial charge in [0, 0.05) is 4.88 Å². The van der Waals surface area contributed by atoms with Crippen molar-refractivity contribution in [3.8, 4) is 0 Å². The van der Waals surface area contributed by atoms with Gasteiger partial charge in [0.15, 0.2) is 5.78 Å². The number of rotatable bonds is 6. The molecule has 0 aromatic carbocycles. The van der Waals surface area contributed by atoms with Gasteiger partial charge in [0.2, 0.25) is 0 Å². The fraction of sp³-hybridized carbons (Fsp3) is 0.357. The number of ketones is 1. The van der Waals surface area contributed by atoms with E-state index in [1.54, 1.807) is 17.6 Å². The van der Waals surface area contributed by atoms with Crippen LogP contribution in [0.25, 0.3) is 0 Å². The van der Waals surface area contributed by atoms with Gasteiger partial charge >= 0.3 is 0 Å². The van der Waals surface area contributed by atoms with Crippen LogP contribution in [0.2, 0.25) is 0 Å². The second-order valence-electron chi connectivity index (χ2n) is 4.29. The number of aryl methyl sites for hydroxylation is 1. The molecule has 2 aromatic rings. The highest BCUT2D eigenvalue weighted by Gasteiger charge is 2.12. The normalized spacial score (nSPS) is 11.1. The number of hydrogen-bond acceptors (Lipinski definition) is 4. The van der Waals surface area contributed by atoms with E-state index in [0.29, 0.717) is 13.1 Å². The third-order valence-electron chi connectivity index (χ3n) is 2.70. The smallest absolute Gasteiger partial charge is 0.186 e. The van der Waals surface area contributed by atoms with Crippen LogP contribution in [0.4, 0.5) is 0 Å². The van der Waals surface area contributed by atoms with E-state index in [-0.39, 0.29) is 5.78 Å². The van der Waals surface area contributed by atoms with Crippen molar-refractivity contribution in [1.29, 1.82) is 0 Å². The molecule has 0 saturated heterocycles. The summed E-state index contributed by atoms with van der Waals surface area (Å²) in [5.41, 5.74) is 0. The van der Waals surface area contributed by atoms with Crippen LogP contribution in [0.3, 0.4) is 0 Å². The molecule has 2 aromatic heterocycles. The first-order valence-corrected chi connectivity index (χ1v) is 6.83. The third kappa shape index (κ3) is 3.31. The molecule has 96 valence electrons. The van der Waals surface area contributed by atoms with Crippen molar-refractivity contribution < 1.29 is 9.21 Å². The maximum atomic E-state index is 12.1. The number of thiophene rings is 1. The van der Waals surface area contributed by atoms with Crippen LogP contribution in [0.5, 0.6) is 0 Å². The highest BCUT2D eigenvalue weighted by molar-refractivity contribution is 7.14. The molecule has 0 atom stereocenters. The Hall–Kier alpha value is -1.39. The lowest BCUT2D eigenvalue weighted by molar-refractivity contribution is 0.0943. The maximum absolute atomic E-state index is 12.1. The molecule has 0 bridgehead atoms. The van der Waals surface area contributed by atoms with Crippen LogP contribution >= 0.6 is 11.3 Å². The van der Waals surface area contributed by atoms with Gasteiger partial charge in [-0.05, 0) is 37.7 Å². The molecule has 0 unspecified atom stereocenters. The monoisotopic (exact) mass is 263 g/mol. The number of Topliss-reactive ketones (excluding diaryl/α,β-unsaturated/α-hetero) is 1. The Labute approximate surface area is 111 Å². The van der Waals surface area contributed by atoms with E-state index in [4.69, 9.17) is 4.42 Å². The van der Waals surface area contributed by atoms with E-state index in [1.165, 1.54) is 4.88 Å². The van der Waals surface area contributed by atoms with E-state index in [0.717, 1.165) is 17.1 Å². The summed E-state index contributed by atoms with van der Waals surface area (Å²) in [5, 5.41) is 0. The summed E-state index contributed by atoms with van der Waals surface area (Å²) in [7, 11) is 1.93. The summed E-state index contributed by atoms with van der Waals surface area (Å²) in [6.07, 6.45) is 2.64. The minimum absolute atomic E-state index is 0.175. The molecular formula is C14H17NO2S. The molecule has 2 heterocycles. The lowest BCUT2D eigenvalue weighted by atomic mass is 10.3. The number of hydrogen-bond donors (Lipinski definition) is 0. The zero-order valence-corrected chi connectivity index (χ0v) is 11.5. The number of carbonyl (C=O) groups excluding carboxylic acids is 1. The summed E-state index contributed by atoms with van der Waals surface area (Å²) < 4.78 is 5.26. The first-order chi connectivity index (χ1) is 8.69. The number of furan rings is 1. The molecule has 18 heavy (non-hydrogen) atoms. The van der Waals surface area contributed by atoms with Crippen LogP contribution in [-0.4, -0.2) is 24.3 Å². The minimum atomic E-state index is 0.175. The standard InChI is InChI=1S/C14H17NO2S/c1-3-12-6-7-14(18-12)13(16)10-15(2)9-11-5-4-8-17-11/h4-8H,3,9-10H2,1-2H3. The van der Waals surface area contributed by atoms with Gasteiger partial charge in [-0.3, -0.25) is 9.69 Å². The van der Waals surface area contributed by atoms with Crippen molar-refractivity contribution in [3.63, 3.8) is 0 Å². The Bertz CT molecular complexity index is 502. The minimum Gasteiger partial charge on any atom is -0.468 e. The van der Waals surface area contributed by atoms with Gasteiger partial charge < -0.3 is 4.42 Å². The summed E-state index contributed by atoms with van der Waals surface area (Å²) >= 11 is 1.59. The largest absolute Gasteiger partial charge is 0.468 e. The second kappa shape index (κ2) is 5.98. The van der Waals surface area contributed by atoms with E-state index in [1.807, 2.05) is 36.2 Å². The summed E-state index contributed by atoms with van der Waals surface area (Å²) in [4.78, 5) is 16.1. The van der Waals surface area contributed by atoms with Crippen LogP contribution in [0.15, 0.2) is 34.9 Å². The maximum Gasteiger partial charge on any atom is 0.186 e. The molecule has 0 radical (unpaired) electrons. The predicted octanol–water partition coefficient (Wildman–Crippen LogP) is 3.22. The van der Waals surface area contributed by atoms with Crippen molar-refractivity contribution in [2.24, 2.45) is 0 Å². The Kier molecular flexibility index (Phi) is 4.33. The second-order valence-corrected chi connectivity index (χ2v) is 5.46. The van der Waals surface area contributed by atoms with Crippen molar-refractivity contribution >= 4 is 17.1 Å². The molecule has 0 N–H and O–H groups in total. The quantitative estimate of drug-likeness (QED) is 0.750. The van der Waals surface area contributed by atoms with E-state index < -0.39 is 0 Å². The molecule has 4 heteroatoms. The Morgan fingerprint density at radius 1 is 1.39 bits per heavy atom. The van der Waals surface area contributed by atoms with Crippen molar-refractivity contribution in [2.45, 2.75) is 19.9 Å². The molecule has 0 fully saturated rings. The van der Waals surface area contributed by atoms with Gasteiger partial charge in [-0.2, -0.15) is 0 Å². The lowest BCUT2D eigenvalue weighted by Gasteiger charge is -2.13. The molecule has 0 aliphatic rings. The molecule has 0 amide bonds. The van der Waals surface area contributed by atoms with Crippen LogP contribution in [0, 0.1) is 0 Å². The van der Waals surface area contributed by atoms with E-state index >= 15 is 0 Å². The lowest BCUT2D eigenvalue weighted by Crippen LogP contribution is -2.24. The van der Waals surface area contributed by atoms with Crippen molar-refractivity contribution in [1.82, 2.24) is 4.90 Å².